The summed E-state index contributed by atoms with van der Waals surface area (Å²) in [5.41, 5.74) is 8.83. The third-order valence-electron chi connectivity index (χ3n) is 3.08. The number of rotatable bonds is 2. The predicted molar refractivity (Wildman–Crippen MR) is 90.2 cm³/mol. The number of aryl methyl sites for hydroxylation is 2. The van der Waals surface area contributed by atoms with Gasteiger partial charge in [0.15, 0.2) is 0 Å². The van der Waals surface area contributed by atoms with Gasteiger partial charge in [0.1, 0.15) is 16.6 Å². The lowest BCUT2D eigenvalue weighted by atomic mass is 10.1. The summed E-state index contributed by atoms with van der Waals surface area (Å²) in [6.07, 6.45) is 1.74. The van der Waals surface area contributed by atoms with E-state index in [0.29, 0.717) is 11.6 Å². The van der Waals surface area contributed by atoms with Gasteiger partial charge < -0.3 is 5.73 Å². The zero-order valence-electron chi connectivity index (χ0n) is 11.6. The Hall–Kier alpha value is -1.79. The molecular weight excluding hydrogens is 348 g/mol. The van der Waals surface area contributed by atoms with Crippen LogP contribution < -0.4 is 5.73 Å². The Morgan fingerprint density at radius 3 is 2.48 bits per heavy atom. The SMILES string of the molecule is Cc1ncc(-c2nc(-c3ccc(Br)cc3)c(C)s2)c(N)n1. The summed E-state index contributed by atoms with van der Waals surface area (Å²) in [6, 6.07) is 8.12. The van der Waals surface area contributed by atoms with Crippen molar-refractivity contribution in [1.82, 2.24) is 15.0 Å². The molecule has 0 amide bonds. The third kappa shape index (κ3) is 2.82. The zero-order chi connectivity index (χ0) is 15.0. The highest BCUT2D eigenvalue weighted by Gasteiger charge is 2.14. The Labute approximate surface area is 135 Å². The highest BCUT2D eigenvalue weighted by molar-refractivity contribution is 9.10. The van der Waals surface area contributed by atoms with Gasteiger partial charge in [0.05, 0.1) is 11.3 Å². The van der Waals surface area contributed by atoms with Gasteiger partial charge in [-0.3, -0.25) is 0 Å². The van der Waals surface area contributed by atoms with Gasteiger partial charge in [0.25, 0.3) is 0 Å². The van der Waals surface area contributed by atoms with Crippen molar-refractivity contribution in [3.05, 3.63) is 45.6 Å². The van der Waals surface area contributed by atoms with Gasteiger partial charge in [-0.25, -0.2) is 15.0 Å². The van der Waals surface area contributed by atoms with E-state index >= 15 is 0 Å². The van der Waals surface area contributed by atoms with E-state index in [1.54, 1.807) is 17.5 Å². The Morgan fingerprint density at radius 2 is 1.81 bits per heavy atom. The van der Waals surface area contributed by atoms with Gasteiger partial charge in [0, 0.05) is 21.1 Å². The quantitative estimate of drug-likeness (QED) is 0.742. The maximum Gasteiger partial charge on any atom is 0.137 e. The standard InChI is InChI=1S/C15H13BrN4S/c1-8-13(10-3-5-11(16)6-4-10)20-15(21-8)12-7-18-9(2)19-14(12)17/h3-7H,1-2H3,(H2,17,18,19). The summed E-state index contributed by atoms with van der Waals surface area (Å²) in [5.74, 6) is 1.14. The highest BCUT2D eigenvalue weighted by atomic mass is 79.9. The summed E-state index contributed by atoms with van der Waals surface area (Å²) in [5, 5.41) is 0.850. The molecule has 0 aliphatic rings. The number of aromatic nitrogens is 3. The maximum atomic E-state index is 5.98. The number of halogens is 1. The molecule has 3 rings (SSSR count). The molecule has 21 heavy (non-hydrogen) atoms. The Balaban J connectivity index is 2.07. The molecule has 0 radical (unpaired) electrons. The van der Waals surface area contributed by atoms with Crippen LogP contribution in [0.25, 0.3) is 21.8 Å². The Kier molecular flexibility index (Phi) is 3.73. The second-order valence-corrected chi connectivity index (χ2v) is 6.77. The van der Waals surface area contributed by atoms with Crippen LogP contribution in [0.1, 0.15) is 10.7 Å². The van der Waals surface area contributed by atoms with E-state index in [1.807, 2.05) is 31.2 Å². The van der Waals surface area contributed by atoms with Crippen LogP contribution in [0.15, 0.2) is 34.9 Å². The van der Waals surface area contributed by atoms with Gasteiger partial charge in [-0.15, -0.1) is 11.3 Å². The van der Waals surface area contributed by atoms with E-state index in [2.05, 4.69) is 32.8 Å². The van der Waals surface area contributed by atoms with Crippen LogP contribution in [0.5, 0.6) is 0 Å². The molecule has 2 heterocycles. The van der Waals surface area contributed by atoms with Crippen LogP contribution in [-0.2, 0) is 0 Å². The summed E-state index contributed by atoms with van der Waals surface area (Å²) >= 11 is 5.05. The number of nitrogen functional groups attached to an aromatic ring is 1. The van der Waals surface area contributed by atoms with Crippen LogP contribution in [0.4, 0.5) is 5.82 Å². The molecule has 4 nitrogen and oxygen atoms in total. The first-order valence-corrected chi connectivity index (χ1v) is 7.98. The summed E-state index contributed by atoms with van der Waals surface area (Å²) in [7, 11) is 0. The van der Waals surface area contributed by atoms with Gasteiger partial charge in [0.2, 0.25) is 0 Å². The van der Waals surface area contributed by atoms with Gasteiger partial charge in [-0.05, 0) is 26.0 Å². The molecule has 0 saturated carbocycles. The number of thiazole rings is 1. The molecule has 0 bridgehead atoms. The fraction of sp³-hybridized carbons (Fsp3) is 0.133. The largest absolute Gasteiger partial charge is 0.383 e. The first-order valence-electron chi connectivity index (χ1n) is 6.37. The van der Waals surface area contributed by atoms with Crippen molar-refractivity contribution in [2.24, 2.45) is 0 Å². The minimum Gasteiger partial charge on any atom is -0.383 e. The van der Waals surface area contributed by atoms with Crippen molar-refractivity contribution < 1.29 is 0 Å². The minimum absolute atomic E-state index is 0.471. The van der Waals surface area contributed by atoms with Crippen LogP contribution >= 0.6 is 27.3 Å². The molecule has 0 atom stereocenters. The molecule has 1 aromatic carbocycles. The number of hydrogen-bond acceptors (Lipinski definition) is 5. The number of nitrogens with two attached hydrogens (primary N) is 1. The van der Waals surface area contributed by atoms with E-state index in [1.165, 1.54) is 0 Å². The van der Waals surface area contributed by atoms with E-state index in [0.717, 1.165) is 31.2 Å². The number of nitrogens with zero attached hydrogens (tertiary/aromatic N) is 3. The van der Waals surface area contributed by atoms with Crippen molar-refractivity contribution in [3.8, 4) is 21.8 Å². The lowest BCUT2D eigenvalue weighted by Gasteiger charge is -2.01. The van der Waals surface area contributed by atoms with Crippen molar-refractivity contribution in [2.75, 3.05) is 5.73 Å². The second-order valence-electron chi connectivity index (χ2n) is 4.65. The molecule has 0 saturated heterocycles. The molecule has 3 aromatic rings. The zero-order valence-corrected chi connectivity index (χ0v) is 14.0. The minimum atomic E-state index is 0.471. The Morgan fingerprint density at radius 1 is 1.10 bits per heavy atom. The molecule has 0 fully saturated rings. The lowest BCUT2D eigenvalue weighted by molar-refractivity contribution is 1.06. The molecule has 0 aliphatic heterocycles. The fourth-order valence-corrected chi connectivity index (χ4v) is 3.26. The topological polar surface area (TPSA) is 64.7 Å². The van der Waals surface area contributed by atoms with E-state index in [4.69, 9.17) is 10.7 Å². The van der Waals surface area contributed by atoms with Crippen molar-refractivity contribution in [3.63, 3.8) is 0 Å². The molecule has 2 N–H and O–H groups in total. The number of benzene rings is 1. The Bertz CT molecular complexity index is 796. The van der Waals surface area contributed by atoms with Crippen LogP contribution in [0, 0.1) is 13.8 Å². The van der Waals surface area contributed by atoms with Crippen LogP contribution in [-0.4, -0.2) is 15.0 Å². The third-order valence-corrected chi connectivity index (χ3v) is 4.62. The highest BCUT2D eigenvalue weighted by Crippen LogP contribution is 2.35. The molecular formula is C15H13BrN4S. The monoisotopic (exact) mass is 360 g/mol. The average molecular weight is 361 g/mol. The smallest absolute Gasteiger partial charge is 0.137 e. The molecule has 0 aliphatic carbocycles. The van der Waals surface area contributed by atoms with E-state index in [9.17, 15) is 0 Å². The molecule has 2 aromatic heterocycles. The first-order chi connectivity index (χ1) is 10.0. The molecule has 106 valence electrons. The van der Waals surface area contributed by atoms with Gasteiger partial charge in [-0.1, -0.05) is 28.1 Å². The number of anilines is 1. The lowest BCUT2D eigenvalue weighted by Crippen LogP contribution is -1.98. The van der Waals surface area contributed by atoms with Crippen molar-refractivity contribution >= 4 is 33.1 Å². The summed E-state index contributed by atoms with van der Waals surface area (Å²) < 4.78 is 1.05. The van der Waals surface area contributed by atoms with E-state index in [-0.39, 0.29) is 0 Å². The fourth-order valence-electron chi connectivity index (χ4n) is 2.04. The normalized spacial score (nSPS) is 10.8. The second kappa shape index (κ2) is 5.54. The predicted octanol–water partition coefficient (Wildman–Crippen LogP) is 4.23. The van der Waals surface area contributed by atoms with Gasteiger partial charge in [-0.2, -0.15) is 0 Å². The summed E-state index contributed by atoms with van der Waals surface area (Å²) in [6.45, 7) is 3.88. The van der Waals surface area contributed by atoms with Gasteiger partial charge >= 0.3 is 0 Å². The molecule has 0 unspecified atom stereocenters. The maximum absolute atomic E-state index is 5.98. The van der Waals surface area contributed by atoms with Crippen LogP contribution in [0.3, 0.4) is 0 Å². The van der Waals surface area contributed by atoms with E-state index < -0.39 is 0 Å². The van der Waals surface area contributed by atoms with Crippen molar-refractivity contribution in [1.29, 1.82) is 0 Å². The van der Waals surface area contributed by atoms with Crippen molar-refractivity contribution in [2.45, 2.75) is 13.8 Å². The molecule has 0 spiro atoms. The number of hydrogen-bond donors (Lipinski definition) is 1. The summed E-state index contributed by atoms with van der Waals surface area (Å²) in [4.78, 5) is 14.3. The first kappa shape index (κ1) is 14.2. The average Bonchev–Trinajstić information content (AvgIpc) is 2.81. The van der Waals surface area contributed by atoms with Crippen LogP contribution in [0.2, 0.25) is 0 Å². The molecule has 6 heteroatoms.